The van der Waals surface area contributed by atoms with Crippen molar-refractivity contribution < 1.29 is 19.1 Å². The summed E-state index contributed by atoms with van der Waals surface area (Å²) in [6.45, 7) is 6.64. The van der Waals surface area contributed by atoms with Crippen LogP contribution in [0, 0.1) is 0 Å². The number of methoxy groups -OCH3 is 1. The Morgan fingerprint density at radius 2 is 1.88 bits per heavy atom. The molecule has 6 nitrogen and oxygen atoms in total. The number of ether oxygens (including phenoxy) is 2. The van der Waals surface area contributed by atoms with E-state index < -0.39 is 11.7 Å². The maximum Gasteiger partial charge on any atom is 0.407 e. The Bertz CT molecular complexity index is 634. The maximum atomic E-state index is 12.8. The first-order valence-electron chi connectivity index (χ1n) is 8.32. The third-order valence-corrected chi connectivity index (χ3v) is 4.57. The van der Waals surface area contributed by atoms with Crippen LogP contribution < -0.4 is 10.1 Å². The van der Waals surface area contributed by atoms with Crippen LogP contribution in [0.3, 0.4) is 0 Å². The van der Waals surface area contributed by atoms with E-state index in [-0.39, 0.29) is 11.9 Å². The van der Waals surface area contributed by atoms with E-state index in [1.165, 1.54) is 0 Å². The van der Waals surface area contributed by atoms with E-state index in [1.54, 1.807) is 18.1 Å². The van der Waals surface area contributed by atoms with Gasteiger partial charge in [0.1, 0.15) is 11.4 Å². The molecule has 1 aromatic carbocycles. The molecule has 0 aliphatic carbocycles. The van der Waals surface area contributed by atoms with Crippen molar-refractivity contribution in [3.63, 3.8) is 0 Å². The van der Waals surface area contributed by atoms with Gasteiger partial charge in [0.25, 0.3) is 5.91 Å². The molecule has 25 heavy (non-hydrogen) atoms. The summed E-state index contributed by atoms with van der Waals surface area (Å²) >= 11 is 3.43. The lowest BCUT2D eigenvalue weighted by Crippen LogP contribution is -2.47. The summed E-state index contributed by atoms with van der Waals surface area (Å²) in [6, 6.07) is 5.44. The lowest BCUT2D eigenvalue weighted by Gasteiger charge is -2.33. The summed E-state index contributed by atoms with van der Waals surface area (Å²) in [6.07, 6.45) is 0.972. The predicted molar refractivity (Wildman–Crippen MR) is 99.0 cm³/mol. The number of carbonyl (C=O) groups excluding carboxylic acids is 2. The number of nitrogens with zero attached hydrogens (tertiary/aromatic N) is 1. The number of carbonyl (C=O) groups is 2. The molecule has 1 heterocycles. The van der Waals surface area contributed by atoms with Gasteiger partial charge in [0.05, 0.1) is 12.7 Å². The Labute approximate surface area is 157 Å². The molecule has 0 radical (unpaired) electrons. The number of likely N-dealkylation sites (tertiary alicyclic amines) is 1. The van der Waals surface area contributed by atoms with Gasteiger partial charge in [-0.25, -0.2) is 4.79 Å². The molecule has 1 N–H and O–H groups in total. The van der Waals surface area contributed by atoms with E-state index in [0.29, 0.717) is 41.7 Å². The van der Waals surface area contributed by atoms with Crippen LogP contribution in [0.2, 0.25) is 0 Å². The van der Waals surface area contributed by atoms with E-state index in [1.807, 2.05) is 32.9 Å². The Kier molecular flexibility index (Phi) is 6.32. The van der Waals surface area contributed by atoms with Gasteiger partial charge < -0.3 is 19.7 Å². The molecule has 1 saturated heterocycles. The molecule has 1 fully saturated rings. The lowest BCUT2D eigenvalue weighted by molar-refractivity contribution is 0.0473. The number of amides is 2. The summed E-state index contributed by atoms with van der Waals surface area (Å²) in [7, 11) is 1.55. The fourth-order valence-corrected chi connectivity index (χ4v) is 3.26. The molecule has 1 aliphatic heterocycles. The van der Waals surface area contributed by atoms with E-state index >= 15 is 0 Å². The lowest BCUT2D eigenvalue weighted by atomic mass is 10.0. The van der Waals surface area contributed by atoms with Crippen LogP contribution >= 0.6 is 15.9 Å². The molecule has 138 valence electrons. The second kappa shape index (κ2) is 8.08. The number of benzene rings is 1. The first kappa shape index (κ1) is 19.6. The molecule has 7 heteroatoms. The number of hydrogen-bond acceptors (Lipinski definition) is 4. The zero-order chi connectivity index (χ0) is 18.6. The molecule has 0 atom stereocenters. The van der Waals surface area contributed by atoms with Gasteiger partial charge in [0, 0.05) is 23.6 Å². The quantitative estimate of drug-likeness (QED) is 0.823. The van der Waals surface area contributed by atoms with Crippen LogP contribution in [-0.4, -0.2) is 48.7 Å². The van der Waals surface area contributed by atoms with Crippen LogP contribution in [0.1, 0.15) is 44.0 Å². The highest BCUT2D eigenvalue weighted by Crippen LogP contribution is 2.29. The third-order valence-electron chi connectivity index (χ3n) is 3.91. The van der Waals surface area contributed by atoms with E-state index in [2.05, 4.69) is 21.2 Å². The molecule has 0 aromatic heterocycles. The first-order chi connectivity index (χ1) is 11.7. The number of halogens is 1. The van der Waals surface area contributed by atoms with Crippen molar-refractivity contribution in [3.8, 4) is 5.75 Å². The highest BCUT2D eigenvalue weighted by Gasteiger charge is 2.28. The molecule has 2 rings (SSSR count). The van der Waals surface area contributed by atoms with Gasteiger partial charge in [-0.05, 0) is 61.7 Å². The van der Waals surface area contributed by atoms with Crippen LogP contribution in [0.5, 0.6) is 5.75 Å². The second-order valence-electron chi connectivity index (χ2n) is 7.03. The minimum absolute atomic E-state index is 0.0139. The van der Waals surface area contributed by atoms with Crippen molar-refractivity contribution in [2.24, 2.45) is 0 Å². The summed E-state index contributed by atoms with van der Waals surface area (Å²) in [4.78, 5) is 26.5. The van der Waals surface area contributed by atoms with E-state index in [4.69, 9.17) is 9.47 Å². The normalized spacial score (nSPS) is 15.6. The topological polar surface area (TPSA) is 67.9 Å². The smallest absolute Gasteiger partial charge is 0.407 e. The number of rotatable bonds is 3. The standard InChI is InChI=1S/C18H25BrN2O4/c1-18(2,3)25-17(23)20-12-8-10-21(11-9-12)16(22)15-13(19)6-5-7-14(15)24-4/h5-7,12H,8-11H2,1-4H3,(H,20,23). The van der Waals surface area contributed by atoms with Crippen LogP contribution in [-0.2, 0) is 4.74 Å². The molecule has 1 aromatic rings. The van der Waals surface area contributed by atoms with Gasteiger partial charge in [0.2, 0.25) is 0 Å². The number of nitrogens with one attached hydrogen (secondary N) is 1. The zero-order valence-corrected chi connectivity index (χ0v) is 16.7. The van der Waals surface area contributed by atoms with Crippen molar-refractivity contribution in [3.05, 3.63) is 28.2 Å². The Balaban J connectivity index is 1.94. The number of piperidine rings is 1. The van der Waals surface area contributed by atoms with Crippen LogP contribution in [0.25, 0.3) is 0 Å². The largest absolute Gasteiger partial charge is 0.496 e. The Hall–Kier alpha value is -1.76. The van der Waals surface area contributed by atoms with Gasteiger partial charge in [-0.2, -0.15) is 0 Å². The monoisotopic (exact) mass is 412 g/mol. The number of hydrogen-bond donors (Lipinski definition) is 1. The van der Waals surface area contributed by atoms with Crippen molar-refractivity contribution in [2.45, 2.75) is 45.3 Å². The predicted octanol–water partition coefficient (Wildman–Crippen LogP) is 3.59. The SMILES string of the molecule is COc1cccc(Br)c1C(=O)N1CCC(NC(=O)OC(C)(C)C)CC1. The highest BCUT2D eigenvalue weighted by atomic mass is 79.9. The summed E-state index contributed by atoms with van der Waals surface area (Å²) < 4.78 is 11.3. The van der Waals surface area contributed by atoms with Gasteiger partial charge in [0.15, 0.2) is 0 Å². The third kappa shape index (κ3) is 5.36. The minimum Gasteiger partial charge on any atom is -0.496 e. The minimum atomic E-state index is -0.517. The zero-order valence-electron chi connectivity index (χ0n) is 15.1. The molecule has 0 spiro atoms. The van der Waals surface area contributed by atoms with Gasteiger partial charge in [-0.1, -0.05) is 6.07 Å². The fourth-order valence-electron chi connectivity index (χ4n) is 2.74. The fraction of sp³-hybridized carbons (Fsp3) is 0.556. The summed E-state index contributed by atoms with van der Waals surface area (Å²) in [5.74, 6) is 0.480. The molecular formula is C18H25BrN2O4. The molecule has 0 unspecified atom stereocenters. The van der Waals surface area contributed by atoms with Crippen LogP contribution in [0.4, 0.5) is 4.79 Å². The highest BCUT2D eigenvalue weighted by molar-refractivity contribution is 9.10. The molecule has 1 aliphatic rings. The summed E-state index contributed by atoms with van der Waals surface area (Å²) in [5, 5.41) is 2.88. The van der Waals surface area contributed by atoms with Crippen molar-refractivity contribution in [2.75, 3.05) is 20.2 Å². The van der Waals surface area contributed by atoms with Crippen molar-refractivity contribution >= 4 is 27.9 Å². The van der Waals surface area contributed by atoms with Gasteiger partial charge in [-0.15, -0.1) is 0 Å². The molecular weight excluding hydrogens is 388 g/mol. The summed E-state index contributed by atoms with van der Waals surface area (Å²) in [5.41, 5.74) is 0.0141. The first-order valence-corrected chi connectivity index (χ1v) is 9.12. The van der Waals surface area contributed by atoms with Crippen molar-refractivity contribution in [1.29, 1.82) is 0 Å². The average Bonchev–Trinajstić information content (AvgIpc) is 2.52. The van der Waals surface area contributed by atoms with E-state index in [9.17, 15) is 9.59 Å². The average molecular weight is 413 g/mol. The Morgan fingerprint density at radius 3 is 2.44 bits per heavy atom. The van der Waals surface area contributed by atoms with E-state index in [0.717, 1.165) is 0 Å². The molecule has 0 bridgehead atoms. The Morgan fingerprint density at radius 1 is 1.24 bits per heavy atom. The van der Waals surface area contributed by atoms with Crippen molar-refractivity contribution in [1.82, 2.24) is 10.2 Å². The molecule has 2 amide bonds. The second-order valence-corrected chi connectivity index (χ2v) is 7.88. The van der Waals surface area contributed by atoms with Gasteiger partial charge >= 0.3 is 6.09 Å². The molecule has 0 saturated carbocycles. The number of alkyl carbamates (subject to hydrolysis) is 1. The maximum absolute atomic E-state index is 12.8. The van der Waals surface area contributed by atoms with Gasteiger partial charge in [-0.3, -0.25) is 4.79 Å². The van der Waals surface area contributed by atoms with Crippen LogP contribution in [0.15, 0.2) is 22.7 Å².